The molecule has 0 aromatic heterocycles. The van der Waals surface area contributed by atoms with Gasteiger partial charge in [-0.25, -0.2) is 4.79 Å². The Hall–Kier alpha value is -1.70. The molecule has 0 atom stereocenters. The van der Waals surface area contributed by atoms with E-state index in [-0.39, 0.29) is 5.57 Å². The first kappa shape index (κ1) is 29.3. The highest BCUT2D eigenvalue weighted by atomic mass is 19.4. The molecule has 0 radical (unpaired) electrons. The summed E-state index contributed by atoms with van der Waals surface area (Å²) >= 11 is 0. The van der Waals surface area contributed by atoms with Gasteiger partial charge in [0.2, 0.25) is 0 Å². The van der Waals surface area contributed by atoms with Crippen molar-refractivity contribution in [3.05, 3.63) is 12.2 Å². The molecule has 0 fully saturated rings. The van der Waals surface area contributed by atoms with Crippen LogP contribution >= 0.6 is 0 Å². The number of hydrogen-bond acceptors (Lipinski definition) is 2. The van der Waals surface area contributed by atoms with Gasteiger partial charge in [0.25, 0.3) is 0 Å². The summed E-state index contributed by atoms with van der Waals surface area (Å²) in [7, 11) is 0. The third-order valence-electron chi connectivity index (χ3n) is 3.99. The minimum Gasteiger partial charge on any atom is -0.462 e. The molecule has 0 aromatic rings. The summed E-state index contributed by atoms with van der Waals surface area (Å²) in [5, 5.41) is 0. The van der Waals surface area contributed by atoms with Gasteiger partial charge in [-0.15, -0.1) is 0 Å². The van der Waals surface area contributed by atoms with Gasteiger partial charge in [-0.2, -0.15) is 57.1 Å². The number of alkyl halides is 13. The lowest BCUT2D eigenvalue weighted by atomic mass is 9.95. The summed E-state index contributed by atoms with van der Waals surface area (Å²) in [6.07, 6.45) is -18.9. The van der Waals surface area contributed by atoms with Crippen molar-refractivity contribution >= 4 is 5.97 Å². The molecule has 0 aliphatic heterocycles. The smallest absolute Gasteiger partial charge is 0.453 e. The fourth-order valence-corrected chi connectivity index (χ4v) is 1.90. The molecular weight excluding hydrogens is 471 g/mol. The van der Waals surface area contributed by atoms with Crippen LogP contribution in [0, 0.1) is 0 Å². The van der Waals surface area contributed by atoms with Crippen molar-refractivity contribution in [2.45, 2.75) is 74.8 Å². The molecule has 0 unspecified atom stereocenters. The standard InChI is InChI=1S/C16H17F13O2/c1-9(2)10(30)31-8-7-14(23,24)13(21,22)4-3-11(17,18)12(19,20)5-6-15(25,26)16(27,28)29/h1,3-8H2,2H3. The monoisotopic (exact) mass is 488 g/mol. The van der Waals surface area contributed by atoms with Gasteiger partial charge in [-0.05, 0) is 6.92 Å². The zero-order valence-corrected chi connectivity index (χ0v) is 15.7. The summed E-state index contributed by atoms with van der Waals surface area (Å²) < 4.78 is 173. The van der Waals surface area contributed by atoms with Crippen LogP contribution in [0.15, 0.2) is 12.2 Å². The lowest BCUT2D eigenvalue weighted by Crippen LogP contribution is -2.47. The minimum absolute atomic E-state index is 0.270. The lowest BCUT2D eigenvalue weighted by Gasteiger charge is -2.31. The second-order valence-corrected chi connectivity index (χ2v) is 6.69. The Kier molecular flexibility index (Phi) is 8.91. The van der Waals surface area contributed by atoms with Crippen LogP contribution in [-0.2, 0) is 9.53 Å². The Morgan fingerprint density at radius 3 is 1.19 bits per heavy atom. The average Bonchev–Trinajstić information content (AvgIpc) is 2.57. The Labute approximate surface area is 167 Å². The molecule has 0 heterocycles. The van der Waals surface area contributed by atoms with E-state index in [1.54, 1.807) is 0 Å². The maximum atomic E-state index is 13.6. The van der Waals surface area contributed by atoms with Gasteiger partial charge in [0.1, 0.15) is 0 Å². The van der Waals surface area contributed by atoms with Gasteiger partial charge in [-0.3, -0.25) is 0 Å². The summed E-state index contributed by atoms with van der Waals surface area (Å²) in [6.45, 7) is 2.87. The van der Waals surface area contributed by atoms with E-state index in [9.17, 15) is 61.9 Å². The third-order valence-corrected chi connectivity index (χ3v) is 3.99. The predicted molar refractivity (Wildman–Crippen MR) is 79.6 cm³/mol. The number of carbonyl (C=O) groups is 1. The van der Waals surface area contributed by atoms with Crippen LogP contribution in [0.3, 0.4) is 0 Å². The molecule has 0 saturated heterocycles. The summed E-state index contributed by atoms with van der Waals surface area (Å²) in [5.41, 5.74) is -0.270. The van der Waals surface area contributed by atoms with Crippen molar-refractivity contribution in [3.63, 3.8) is 0 Å². The topological polar surface area (TPSA) is 26.3 Å². The van der Waals surface area contributed by atoms with Crippen LogP contribution in [0.5, 0.6) is 0 Å². The molecular formula is C16H17F13O2. The molecule has 0 aliphatic rings. The fourth-order valence-electron chi connectivity index (χ4n) is 1.90. The first-order valence-electron chi connectivity index (χ1n) is 8.28. The van der Waals surface area contributed by atoms with E-state index < -0.39 is 80.5 Å². The number of carbonyl (C=O) groups excluding carboxylic acids is 1. The molecule has 15 heteroatoms. The number of halogens is 13. The van der Waals surface area contributed by atoms with Crippen LogP contribution < -0.4 is 0 Å². The van der Waals surface area contributed by atoms with Crippen LogP contribution in [-0.4, -0.2) is 48.4 Å². The number of rotatable bonds is 12. The summed E-state index contributed by atoms with van der Waals surface area (Å²) in [5.74, 6) is -28.6. The van der Waals surface area contributed by atoms with Gasteiger partial charge in [-0.1, -0.05) is 6.58 Å². The van der Waals surface area contributed by atoms with Crippen LogP contribution in [0.25, 0.3) is 0 Å². The zero-order chi connectivity index (χ0) is 25.1. The second-order valence-electron chi connectivity index (χ2n) is 6.69. The van der Waals surface area contributed by atoms with Crippen molar-refractivity contribution in [2.75, 3.05) is 6.61 Å². The minimum atomic E-state index is -6.32. The molecule has 31 heavy (non-hydrogen) atoms. The highest BCUT2D eigenvalue weighted by Gasteiger charge is 2.63. The Balaban J connectivity index is 5.08. The second kappa shape index (κ2) is 9.43. The van der Waals surface area contributed by atoms with E-state index in [4.69, 9.17) is 0 Å². The van der Waals surface area contributed by atoms with Crippen molar-refractivity contribution in [1.82, 2.24) is 0 Å². The Bertz CT molecular complexity index is 638. The molecule has 2 nitrogen and oxygen atoms in total. The van der Waals surface area contributed by atoms with Crippen LogP contribution in [0.1, 0.15) is 39.0 Å². The first-order chi connectivity index (χ1) is 13.5. The maximum absolute atomic E-state index is 13.6. The predicted octanol–water partition coefficient (Wildman–Crippen LogP) is 6.80. The Morgan fingerprint density at radius 1 is 0.613 bits per heavy atom. The van der Waals surface area contributed by atoms with Gasteiger partial charge < -0.3 is 4.74 Å². The molecule has 0 amide bonds. The van der Waals surface area contributed by atoms with Gasteiger partial charge >= 0.3 is 41.8 Å². The molecule has 184 valence electrons. The molecule has 0 aromatic carbocycles. The van der Waals surface area contributed by atoms with Gasteiger partial charge in [0.05, 0.1) is 13.0 Å². The van der Waals surface area contributed by atoms with E-state index in [1.807, 2.05) is 0 Å². The maximum Gasteiger partial charge on any atom is 0.453 e. The van der Waals surface area contributed by atoms with E-state index in [0.717, 1.165) is 6.92 Å². The summed E-state index contributed by atoms with van der Waals surface area (Å²) in [6, 6.07) is 0. The first-order valence-corrected chi connectivity index (χ1v) is 8.28. The van der Waals surface area contributed by atoms with Crippen molar-refractivity contribution < 1.29 is 66.6 Å². The summed E-state index contributed by atoms with van der Waals surface area (Å²) in [4.78, 5) is 11.0. The number of ether oxygens (including phenoxy) is 1. The van der Waals surface area contributed by atoms with Crippen molar-refractivity contribution in [3.8, 4) is 0 Å². The van der Waals surface area contributed by atoms with E-state index >= 15 is 0 Å². The van der Waals surface area contributed by atoms with E-state index in [1.165, 1.54) is 0 Å². The number of hydrogen-bond donors (Lipinski definition) is 0. The van der Waals surface area contributed by atoms with Crippen LogP contribution in [0.2, 0.25) is 0 Å². The Morgan fingerprint density at radius 2 is 0.903 bits per heavy atom. The lowest BCUT2D eigenvalue weighted by molar-refractivity contribution is -0.295. The van der Waals surface area contributed by atoms with Crippen molar-refractivity contribution in [2.24, 2.45) is 0 Å². The average molecular weight is 488 g/mol. The fraction of sp³-hybridized carbons (Fsp3) is 0.812. The van der Waals surface area contributed by atoms with Crippen molar-refractivity contribution in [1.29, 1.82) is 0 Å². The van der Waals surface area contributed by atoms with E-state index in [0.29, 0.717) is 0 Å². The number of esters is 1. The highest BCUT2D eigenvalue weighted by molar-refractivity contribution is 5.86. The molecule has 0 aliphatic carbocycles. The zero-order valence-electron chi connectivity index (χ0n) is 15.7. The van der Waals surface area contributed by atoms with E-state index in [2.05, 4.69) is 11.3 Å². The highest BCUT2D eigenvalue weighted by Crippen LogP contribution is 2.48. The molecule has 0 N–H and O–H groups in total. The quantitative estimate of drug-likeness (QED) is 0.172. The van der Waals surface area contributed by atoms with Gasteiger partial charge in [0.15, 0.2) is 0 Å². The molecule has 0 saturated carbocycles. The molecule has 0 spiro atoms. The third kappa shape index (κ3) is 7.74. The normalized spacial score (nSPS) is 14.5. The van der Waals surface area contributed by atoms with Gasteiger partial charge in [0, 0.05) is 31.3 Å². The molecule has 0 bridgehead atoms. The largest absolute Gasteiger partial charge is 0.462 e. The van der Waals surface area contributed by atoms with Crippen LogP contribution in [0.4, 0.5) is 57.1 Å². The molecule has 0 rings (SSSR count). The SMILES string of the molecule is C=C(C)C(=O)OCCC(F)(F)C(F)(F)CCC(F)(F)C(F)(F)CCC(F)(F)C(F)(F)F.